The first kappa shape index (κ1) is 20.7. The number of benzene rings is 3. The van der Waals surface area contributed by atoms with E-state index in [4.69, 9.17) is 29.5 Å². The SMILES string of the molecule is [2H]C([2H])([2H])OCCC(c1cccc(C#C)c1)c1cccc2cc(OCCOC)c(CCCOC)cc12. The van der Waals surface area contributed by atoms with Crippen molar-refractivity contribution >= 4 is 10.8 Å². The van der Waals surface area contributed by atoms with Crippen LogP contribution in [0.2, 0.25) is 0 Å². The van der Waals surface area contributed by atoms with Crippen LogP contribution in [0.15, 0.2) is 54.6 Å². The molecule has 0 saturated heterocycles. The monoisotopic (exact) mass is 449 g/mol. The number of hydrogen-bond acceptors (Lipinski definition) is 4. The van der Waals surface area contributed by atoms with Crippen LogP contribution in [0.4, 0.5) is 0 Å². The summed E-state index contributed by atoms with van der Waals surface area (Å²) < 4.78 is 43.9. The summed E-state index contributed by atoms with van der Waals surface area (Å²) in [7, 11) is 0.915. The summed E-state index contributed by atoms with van der Waals surface area (Å²) in [6.45, 7) is 1.72. The van der Waals surface area contributed by atoms with E-state index in [-0.39, 0.29) is 12.5 Å². The molecule has 0 spiro atoms. The van der Waals surface area contributed by atoms with Crippen LogP contribution in [0.25, 0.3) is 10.8 Å². The van der Waals surface area contributed by atoms with E-state index < -0.39 is 7.04 Å². The van der Waals surface area contributed by atoms with Gasteiger partial charge in [-0.1, -0.05) is 36.3 Å². The highest BCUT2D eigenvalue weighted by molar-refractivity contribution is 5.89. The van der Waals surface area contributed by atoms with Crippen LogP contribution in [-0.4, -0.2) is 47.7 Å². The molecule has 1 atom stereocenters. The zero-order chi connectivity index (χ0) is 26.0. The molecule has 0 N–H and O–H groups in total. The lowest BCUT2D eigenvalue weighted by Crippen LogP contribution is -2.08. The Labute approximate surface area is 202 Å². The van der Waals surface area contributed by atoms with Gasteiger partial charge in [0.05, 0.1) is 10.7 Å². The molecule has 0 amide bonds. The largest absolute Gasteiger partial charge is 0.491 e. The van der Waals surface area contributed by atoms with Gasteiger partial charge in [-0.05, 0) is 71.0 Å². The Bertz CT molecular complexity index is 1170. The third kappa shape index (κ3) is 6.58. The summed E-state index contributed by atoms with van der Waals surface area (Å²) in [6.07, 6.45) is 7.84. The van der Waals surface area contributed by atoms with Crippen LogP contribution in [0.1, 0.15) is 45.1 Å². The second-order valence-electron chi connectivity index (χ2n) is 7.93. The van der Waals surface area contributed by atoms with Crippen molar-refractivity contribution in [3.05, 3.63) is 76.9 Å². The van der Waals surface area contributed by atoms with Gasteiger partial charge in [0.25, 0.3) is 0 Å². The fraction of sp³-hybridized carbons (Fsp3) is 0.379. The number of aryl methyl sites for hydroxylation is 1. The molecule has 3 aromatic rings. The highest BCUT2D eigenvalue weighted by Crippen LogP contribution is 2.36. The first-order valence-electron chi connectivity index (χ1n) is 12.7. The molecular formula is C29H34O4. The maximum absolute atomic E-state index is 7.43. The molecule has 0 aliphatic rings. The molecule has 33 heavy (non-hydrogen) atoms. The zero-order valence-electron chi connectivity index (χ0n) is 22.4. The molecule has 0 aliphatic carbocycles. The minimum Gasteiger partial charge on any atom is -0.491 e. The minimum absolute atomic E-state index is 0.0940. The Morgan fingerprint density at radius 3 is 2.58 bits per heavy atom. The standard InChI is InChI=1S/C29H34O4/c1-5-22-9-6-10-23(19-22)26(14-16-31-3)27-13-7-11-24-21-29(33-18-17-32-4)25(20-28(24)27)12-8-15-30-2/h1,6-7,9-11,13,19-21,26H,8,12,14-18H2,2-4H3/i3D3. The predicted octanol–water partition coefficient (Wildman–Crippen LogP) is 5.59. The molecular weight excluding hydrogens is 412 g/mol. The van der Waals surface area contributed by atoms with Crippen molar-refractivity contribution in [2.45, 2.75) is 25.2 Å². The molecule has 0 aromatic heterocycles. The number of methoxy groups -OCH3 is 3. The number of terminal acetylenes is 1. The molecule has 0 saturated carbocycles. The van der Waals surface area contributed by atoms with Gasteiger partial charge in [-0.25, -0.2) is 0 Å². The van der Waals surface area contributed by atoms with Crippen LogP contribution in [0.5, 0.6) is 5.75 Å². The van der Waals surface area contributed by atoms with Crippen molar-refractivity contribution in [1.29, 1.82) is 0 Å². The molecule has 4 heteroatoms. The molecule has 4 nitrogen and oxygen atoms in total. The highest BCUT2D eigenvalue weighted by atomic mass is 16.5. The fourth-order valence-electron chi connectivity index (χ4n) is 4.17. The Morgan fingerprint density at radius 1 is 0.939 bits per heavy atom. The van der Waals surface area contributed by atoms with Gasteiger partial charge in [-0.3, -0.25) is 0 Å². The Kier molecular flexibility index (Phi) is 8.18. The maximum Gasteiger partial charge on any atom is 0.123 e. The molecule has 1 unspecified atom stereocenters. The Morgan fingerprint density at radius 2 is 1.79 bits per heavy atom. The van der Waals surface area contributed by atoms with Crippen molar-refractivity contribution in [1.82, 2.24) is 0 Å². The third-order valence-corrected chi connectivity index (χ3v) is 5.77. The van der Waals surface area contributed by atoms with E-state index in [0.29, 0.717) is 26.2 Å². The molecule has 0 heterocycles. The topological polar surface area (TPSA) is 36.9 Å². The van der Waals surface area contributed by atoms with Gasteiger partial charge in [0.2, 0.25) is 0 Å². The van der Waals surface area contributed by atoms with Gasteiger partial charge >= 0.3 is 0 Å². The van der Waals surface area contributed by atoms with Gasteiger partial charge in [0, 0.05) is 46.0 Å². The molecule has 0 fully saturated rings. The first-order valence-corrected chi connectivity index (χ1v) is 11.2. The third-order valence-electron chi connectivity index (χ3n) is 5.77. The van der Waals surface area contributed by atoms with Crippen LogP contribution in [-0.2, 0) is 20.6 Å². The lowest BCUT2D eigenvalue weighted by Gasteiger charge is -2.21. The summed E-state index contributed by atoms with van der Waals surface area (Å²) in [5.74, 6) is 3.44. The number of ether oxygens (including phenoxy) is 4. The van der Waals surface area contributed by atoms with E-state index >= 15 is 0 Å². The van der Waals surface area contributed by atoms with E-state index in [0.717, 1.165) is 51.6 Å². The van der Waals surface area contributed by atoms with E-state index in [2.05, 4.69) is 30.2 Å². The van der Waals surface area contributed by atoms with E-state index in [1.54, 1.807) is 14.2 Å². The molecule has 3 rings (SSSR count). The molecule has 0 radical (unpaired) electrons. The molecule has 0 aliphatic heterocycles. The number of fused-ring (bicyclic) bond motifs is 1. The molecule has 3 aromatic carbocycles. The highest BCUT2D eigenvalue weighted by Gasteiger charge is 2.19. The van der Waals surface area contributed by atoms with Crippen molar-refractivity contribution < 1.29 is 23.1 Å². The average molecular weight is 450 g/mol. The maximum atomic E-state index is 7.43. The van der Waals surface area contributed by atoms with Gasteiger partial charge in [-0.15, -0.1) is 6.42 Å². The summed E-state index contributed by atoms with van der Waals surface area (Å²) >= 11 is 0. The van der Waals surface area contributed by atoms with Gasteiger partial charge < -0.3 is 18.9 Å². The Hall–Kier alpha value is -2.84. The second kappa shape index (κ2) is 13.0. The molecule has 174 valence electrons. The van der Waals surface area contributed by atoms with Crippen LogP contribution >= 0.6 is 0 Å². The predicted molar refractivity (Wildman–Crippen MR) is 134 cm³/mol. The van der Waals surface area contributed by atoms with E-state index in [1.807, 2.05) is 30.3 Å². The summed E-state index contributed by atoms with van der Waals surface area (Å²) in [4.78, 5) is 0. The van der Waals surface area contributed by atoms with Gasteiger partial charge in [0.15, 0.2) is 0 Å². The van der Waals surface area contributed by atoms with Crippen molar-refractivity contribution in [2.24, 2.45) is 0 Å². The van der Waals surface area contributed by atoms with Crippen molar-refractivity contribution in [2.75, 3.05) is 47.7 Å². The zero-order valence-corrected chi connectivity index (χ0v) is 19.4. The lowest BCUT2D eigenvalue weighted by atomic mass is 9.84. The Balaban J connectivity index is 2.08. The van der Waals surface area contributed by atoms with E-state index in [9.17, 15) is 0 Å². The van der Waals surface area contributed by atoms with E-state index in [1.165, 1.54) is 0 Å². The summed E-state index contributed by atoms with van der Waals surface area (Å²) in [6, 6.07) is 18.3. The summed E-state index contributed by atoms with van der Waals surface area (Å²) in [5, 5.41) is 2.14. The normalized spacial score (nSPS) is 13.7. The lowest BCUT2D eigenvalue weighted by molar-refractivity contribution is 0.145. The average Bonchev–Trinajstić information content (AvgIpc) is 2.86. The minimum atomic E-state index is -2.44. The number of hydrogen-bond donors (Lipinski definition) is 0. The molecule has 0 bridgehead atoms. The fourth-order valence-corrected chi connectivity index (χ4v) is 4.17. The van der Waals surface area contributed by atoms with Crippen LogP contribution < -0.4 is 4.74 Å². The quantitative estimate of drug-likeness (QED) is 0.252. The second-order valence-corrected chi connectivity index (χ2v) is 7.93. The summed E-state index contributed by atoms with van der Waals surface area (Å²) in [5.41, 5.74) is 3.99. The van der Waals surface area contributed by atoms with Crippen molar-refractivity contribution in [3.63, 3.8) is 0 Å². The van der Waals surface area contributed by atoms with Gasteiger partial charge in [-0.2, -0.15) is 0 Å². The number of rotatable bonds is 13. The first-order chi connectivity index (χ1) is 17.4. The van der Waals surface area contributed by atoms with Crippen molar-refractivity contribution in [3.8, 4) is 18.1 Å². The van der Waals surface area contributed by atoms with Gasteiger partial charge in [0.1, 0.15) is 12.4 Å². The smallest absolute Gasteiger partial charge is 0.123 e. The van der Waals surface area contributed by atoms with Crippen LogP contribution in [0.3, 0.4) is 0 Å². The van der Waals surface area contributed by atoms with Crippen LogP contribution in [0, 0.1) is 12.3 Å².